The summed E-state index contributed by atoms with van der Waals surface area (Å²) in [7, 11) is 0. The summed E-state index contributed by atoms with van der Waals surface area (Å²) >= 11 is 5.58. The summed E-state index contributed by atoms with van der Waals surface area (Å²) in [4.78, 5) is 0. The molecule has 0 radical (unpaired) electrons. The van der Waals surface area contributed by atoms with E-state index >= 15 is 0 Å². The third-order valence-corrected chi connectivity index (χ3v) is 6.68. The summed E-state index contributed by atoms with van der Waals surface area (Å²) in [6.45, 7) is 7.81. The van der Waals surface area contributed by atoms with Gasteiger partial charge in [0.05, 0.1) is 0 Å². The average Bonchev–Trinajstić information content (AvgIpc) is 2.48. The minimum absolute atomic E-state index is 0.0950. The van der Waals surface area contributed by atoms with Gasteiger partial charge in [0, 0.05) is 21.7 Å². The number of thioether (sulfide) groups is 1. The second kappa shape index (κ2) is 7.33. The Kier molecular flexibility index (Phi) is 6.00. The molecule has 1 saturated heterocycles. The monoisotopic (exact) mass is 356 g/mol. The number of ether oxygens (including phenoxy) is 1. The molecule has 1 aromatic rings. The minimum atomic E-state index is 0.0950. The third-order valence-electron chi connectivity index (χ3n) is 4.39. The van der Waals surface area contributed by atoms with Crippen LogP contribution in [-0.4, -0.2) is 17.3 Å². The first-order valence-corrected chi connectivity index (χ1v) is 9.36. The van der Waals surface area contributed by atoms with Gasteiger partial charge in [-0.1, -0.05) is 55.3 Å². The summed E-state index contributed by atoms with van der Waals surface area (Å²) in [6.07, 6.45) is 4.89. The second-order valence-electron chi connectivity index (χ2n) is 5.82. The predicted octanol–water partition coefficient (Wildman–Crippen LogP) is 5.77. The molecule has 0 bridgehead atoms. The standard InChI is InChI=1S/C17H25BrOS/c1-4-6-15-11-12-19-16(20-15)17(3,5-2)13-7-9-14(18)10-8-13/h7-10,15-16H,4-6,11-12H2,1-3H3. The highest BCUT2D eigenvalue weighted by Gasteiger charge is 2.39. The van der Waals surface area contributed by atoms with E-state index in [4.69, 9.17) is 4.74 Å². The van der Waals surface area contributed by atoms with Crippen molar-refractivity contribution in [2.45, 2.75) is 62.6 Å². The fraction of sp³-hybridized carbons (Fsp3) is 0.647. The van der Waals surface area contributed by atoms with E-state index in [2.05, 4.69) is 72.7 Å². The number of hydrogen-bond acceptors (Lipinski definition) is 2. The molecule has 1 aliphatic rings. The maximum atomic E-state index is 6.15. The zero-order valence-corrected chi connectivity index (χ0v) is 15.1. The van der Waals surface area contributed by atoms with Crippen molar-refractivity contribution in [3.05, 3.63) is 34.3 Å². The van der Waals surface area contributed by atoms with E-state index < -0.39 is 0 Å². The fourth-order valence-corrected chi connectivity index (χ4v) is 4.79. The van der Waals surface area contributed by atoms with Crippen LogP contribution < -0.4 is 0 Å². The summed E-state index contributed by atoms with van der Waals surface area (Å²) in [5.74, 6) is 0. The van der Waals surface area contributed by atoms with Gasteiger partial charge in [-0.2, -0.15) is 0 Å². The molecule has 0 N–H and O–H groups in total. The molecule has 0 saturated carbocycles. The number of halogens is 1. The van der Waals surface area contributed by atoms with Gasteiger partial charge in [0.2, 0.25) is 0 Å². The lowest BCUT2D eigenvalue weighted by atomic mass is 9.80. The van der Waals surface area contributed by atoms with Gasteiger partial charge in [-0.05, 0) is 37.0 Å². The average molecular weight is 357 g/mol. The van der Waals surface area contributed by atoms with Gasteiger partial charge in [0.1, 0.15) is 5.44 Å². The van der Waals surface area contributed by atoms with Crippen molar-refractivity contribution in [1.82, 2.24) is 0 Å². The number of rotatable bonds is 5. The Morgan fingerprint density at radius 1 is 1.30 bits per heavy atom. The normalized spacial score (nSPS) is 26.2. The molecule has 1 aliphatic heterocycles. The molecule has 0 aliphatic carbocycles. The molecule has 112 valence electrons. The van der Waals surface area contributed by atoms with Gasteiger partial charge in [-0.25, -0.2) is 0 Å². The van der Waals surface area contributed by atoms with Gasteiger partial charge >= 0.3 is 0 Å². The molecular weight excluding hydrogens is 332 g/mol. The molecule has 20 heavy (non-hydrogen) atoms. The van der Waals surface area contributed by atoms with Crippen molar-refractivity contribution in [3.63, 3.8) is 0 Å². The van der Waals surface area contributed by atoms with E-state index in [-0.39, 0.29) is 10.9 Å². The molecule has 0 aromatic heterocycles. The van der Waals surface area contributed by atoms with E-state index in [0.29, 0.717) is 0 Å². The molecule has 3 unspecified atom stereocenters. The van der Waals surface area contributed by atoms with E-state index in [1.165, 1.54) is 24.8 Å². The summed E-state index contributed by atoms with van der Waals surface area (Å²) in [5, 5.41) is 0.764. The van der Waals surface area contributed by atoms with Crippen LogP contribution in [0.5, 0.6) is 0 Å². The Morgan fingerprint density at radius 2 is 2.00 bits per heavy atom. The highest BCUT2D eigenvalue weighted by molar-refractivity contribution is 9.10. The molecular formula is C17H25BrOS. The van der Waals surface area contributed by atoms with Crippen molar-refractivity contribution < 1.29 is 4.74 Å². The largest absolute Gasteiger partial charge is 0.367 e. The first kappa shape index (κ1) is 16.4. The van der Waals surface area contributed by atoms with Crippen LogP contribution in [0.25, 0.3) is 0 Å². The Balaban J connectivity index is 2.18. The maximum Gasteiger partial charge on any atom is 0.112 e. The van der Waals surface area contributed by atoms with Crippen LogP contribution in [0.15, 0.2) is 28.7 Å². The van der Waals surface area contributed by atoms with Gasteiger partial charge in [-0.3, -0.25) is 0 Å². The van der Waals surface area contributed by atoms with Crippen LogP contribution >= 0.6 is 27.7 Å². The van der Waals surface area contributed by atoms with E-state index in [9.17, 15) is 0 Å². The van der Waals surface area contributed by atoms with Crippen LogP contribution in [0.4, 0.5) is 0 Å². The molecule has 1 nitrogen and oxygen atoms in total. The quantitative estimate of drug-likeness (QED) is 0.662. The highest BCUT2D eigenvalue weighted by atomic mass is 79.9. The second-order valence-corrected chi connectivity index (χ2v) is 8.10. The molecule has 0 spiro atoms. The molecule has 1 heterocycles. The minimum Gasteiger partial charge on any atom is -0.367 e. The van der Waals surface area contributed by atoms with E-state index in [0.717, 1.165) is 22.8 Å². The third kappa shape index (κ3) is 3.61. The topological polar surface area (TPSA) is 9.23 Å². The number of benzene rings is 1. The highest BCUT2D eigenvalue weighted by Crippen LogP contribution is 2.44. The van der Waals surface area contributed by atoms with Crippen LogP contribution in [0.2, 0.25) is 0 Å². The van der Waals surface area contributed by atoms with Crippen molar-refractivity contribution in [2.24, 2.45) is 0 Å². The molecule has 2 rings (SSSR count). The van der Waals surface area contributed by atoms with Gasteiger partial charge in [0.25, 0.3) is 0 Å². The predicted molar refractivity (Wildman–Crippen MR) is 92.4 cm³/mol. The van der Waals surface area contributed by atoms with E-state index in [1.807, 2.05) is 0 Å². The lowest BCUT2D eigenvalue weighted by Gasteiger charge is -2.41. The van der Waals surface area contributed by atoms with Gasteiger partial charge < -0.3 is 4.74 Å². The molecule has 3 heteroatoms. The lowest BCUT2D eigenvalue weighted by Crippen LogP contribution is -2.40. The summed E-state index contributed by atoms with van der Waals surface area (Å²) in [6, 6.07) is 8.75. The lowest BCUT2D eigenvalue weighted by molar-refractivity contribution is 0.0488. The zero-order valence-electron chi connectivity index (χ0n) is 12.7. The smallest absolute Gasteiger partial charge is 0.112 e. The van der Waals surface area contributed by atoms with Gasteiger partial charge in [-0.15, -0.1) is 11.8 Å². The fourth-order valence-electron chi connectivity index (χ4n) is 2.79. The summed E-state index contributed by atoms with van der Waals surface area (Å²) < 4.78 is 7.29. The zero-order chi connectivity index (χ0) is 14.6. The maximum absolute atomic E-state index is 6.15. The Bertz CT molecular complexity index is 418. The van der Waals surface area contributed by atoms with Crippen LogP contribution in [0.1, 0.15) is 52.0 Å². The SMILES string of the molecule is CCCC1CCOC(C(C)(CC)c2ccc(Br)cc2)S1. The molecule has 1 fully saturated rings. The summed E-state index contributed by atoms with van der Waals surface area (Å²) in [5.41, 5.74) is 1.76. The Labute approximate surface area is 136 Å². The van der Waals surface area contributed by atoms with Crippen LogP contribution in [0.3, 0.4) is 0 Å². The van der Waals surface area contributed by atoms with Crippen molar-refractivity contribution in [2.75, 3.05) is 6.61 Å². The number of hydrogen-bond donors (Lipinski definition) is 0. The molecule has 0 amide bonds. The van der Waals surface area contributed by atoms with Crippen molar-refractivity contribution in [1.29, 1.82) is 0 Å². The van der Waals surface area contributed by atoms with Crippen molar-refractivity contribution >= 4 is 27.7 Å². The Morgan fingerprint density at radius 3 is 2.60 bits per heavy atom. The van der Waals surface area contributed by atoms with Crippen molar-refractivity contribution in [3.8, 4) is 0 Å². The van der Waals surface area contributed by atoms with Crippen LogP contribution in [-0.2, 0) is 10.2 Å². The first-order chi connectivity index (χ1) is 9.60. The van der Waals surface area contributed by atoms with E-state index in [1.54, 1.807) is 0 Å². The molecule has 3 atom stereocenters. The first-order valence-electron chi connectivity index (χ1n) is 7.63. The van der Waals surface area contributed by atoms with Crippen LogP contribution in [0, 0.1) is 0 Å². The van der Waals surface area contributed by atoms with Gasteiger partial charge in [0.15, 0.2) is 0 Å². The Hall–Kier alpha value is 0.01000. The molecule has 1 aromatic carbocycles.